The number of nitrogens with zero attached hydrogens (tertiary/aromatic N) is 3. The summed E-state index contributed by atoms with van der Waals surface area (Å²) in [4.78, 5) is 11.1. The highest BCUT2D eigenvalue weighted by Gasteiger charge is 2.13. The molecule has 0 spiro atoms. The lowest BCUT2D eigenvalue weighted by molar-refractivity contribution is -0.163. The maximum absolute atomic E-state index is 11.1. The number of carbonyl (C=O) groups is 1. The number of aromatic nitrogens is 3. The summed E-state index contributed by atoms with van der Waals surface area (Å²) in [6, 6.07) is 8.12. The molecule has 1 aliphatic heterocycles. The zero-order valence-electron chi connectivity index (χ0n) is 15.5. The second-order valence-corrected chi connectivity index (χ2v) is 6.48. The van der Waals surface area contributed by atoms with Gasteiger partial charge in [0.05, 0.1) is 19.3 Å². The van der Waals surface area contributed by atoms with Gasteiger partial charge in [-0.05, 0) is 37.3 Å². The van der Waals surface area contributed by atoms with Gasteiger partial charge in [-0.15, -0.1) is 5.10 Å². The Morgan fingerprint density at radius 3 is 2.96 bits per heavy atom. The van der Waals surface area contributed by atoms with Gasteiger partial charge in [-0.25, -0.2) is 4.68 Å². The summed E-state index contributed by atoms with van der Waals surface area (Å²) in [5, 5.41) is 11.2. The number of hydrogen-bond donors (Lipinski definition) is 1. The minimum Gasteiger partial charge on any atom is -0.353 e. The van der Waals surface area contributed by atoms with E-state index in [9.17, 15) is 4.79 Å². The zero-order valence-corrected chi connectivity index (χ0v) is 15.5. The van der Waals surface area contributed by atoms with Gasteiger partial charge in [0.25, 0.3) is 0 Å². The van der Waals surface area contributed by atoms with E-state index in [2.05, 4.69) is 22.2 Å². The average molecular weight is 370 g/mol. The van der Waals surface area contributed by atoms with E-state index < -0.39 is 0 Å². The van der Waals surface area contributed by atoms with E-state index in [-0.39, 0.29) is 12.2 Å². The predicted molar refractivity (Wildman–Crippen MR) is 102 cm³/mol. The first-order valence-corrected chi connectivity index (χ1v) is 9.37. The summed E-state index contributed by atoms with van der Waals surface area (Å²) in [6.07, 6.45) is 7.14. The van der Waals surface area contributed by atoms with E-state index >= 15 is 0 Å². The normalized spacial score (nSPS) is 16.8. The molecule has 1 aliphatic rings. The Balaban J connectivity index is 1.45. The van der Waals surface area contributed by atoms with Crippen LogP contribution in [0.4, 0.5) is 0 Å². The molecule has 1 aromatic heterocycles. The molecule has 3 rings (SSSR count). The molecule has 1 saturated heterocycles. The molecule has 7 nitrogen and oxygen atoms in total. The predicted octanol–water partition coefficient (Wildman–Crippen LogP) is 2.33. The first-order valence-electron chi connectivity index (χ1n) is 9.37. The number of nitrogens with one attached hydrogen (secondary N) is 1. The van der Waals surface area contributed by atoms with Crippen molar-refractivity contribution in [1.82, 2.24) is 20.3 Å². The number of rotatable bonds is 9. The van der Waals surface area contributed by atoms with Crippen LogP contribution in [0.2, 0.25) is 0 Å². The lowest BCUT2D eigenvalue weighted by Gasteiger charge is -2.22. The van der Waals surface area contributed by atoms with Gasteiger partial charge in [-0.2, -0.15) is 0 Å². The second-order valence-electron chi connectivity index (χ2n) is 6.48. The summed E-state index contributed by atoms with van der Waals surface area (Å²) in [6.45, 7) is 6.01. The summed E-state index contributed by atoms with van der Waals surface area (Å²) in [7, 11) is 0. The van der Waals surface area contributed by atoms with Crippen LogP contribution in [-0.4, -0.2) is 46.9 Å². The van der Waals surface area contributed by atoms with Crippen molar-refractivity contribution in [2.45, 2.75) is 38.5 Å². The van der Waals surface area contributed by atoms with E-state index in [0.29, 0.717) is 19.7 Å². The van der Waals surface area contributed by atoms with E-state index in [1.165, 1.54) is 6.08 Å². The Morgan fingerprint density at radius 1 is 1.37 bits per heavy atom. The van der Waals surface area contributed by atoms with Gasteiger partial charge in [0.2, 0.25) is 5.91 Å². The zero-order chi connectivity index (χ0) is 18.9. The fourth-order valence-corrected chi connectivity index (χ4v) is 2.90. The van der Waals surface area contributed by atoms with Crippen molar-refractivity contribution in [3.8, 4) is 11.3 Å². The topological polar surface area (TPSA) is 78.3 Å². The first kappa shape index (κ1) is 19.3. The quantitative estimate of drug-likeness (QED) is 0.686. The molecule has 2 aromatic rings. The molecule has 2 heterocycles. The largest absolute Gasteiger partial charge is 0.353 e. The maximum Gasteiger partial charge on any atom is 0.243 e. The molecule has 0 bridgehead atoms. The fourth-order valence-electron chi connectivity index (χ4n) is 2.90. The fraction of sp³-hybridized carbons (Fsp3) is 0.450. The third kappa shape index (κ3) is 6.01. The SMILES string of the molecule is C=CC(=O)NCCc1ccc(-c2cn(CCOC3CCCCO3)nn2)cc1. The number of ether oxygens (including phenoxy) is 2. The summed E-state index contributed by atoms with van der Waals surface area (Å²) < 4.78 is 13.1. The van der Waals surface area contributed by atoms with E-state index in [1.54, 1.807) is 4.68 Å². The number of carbonyl (C=O) groups excluding carboxylic acids is 1. The van der Waals surface area contributed by atoms with Crippen molar-refractivity contribution in [3.63, 3.8) is 0 Å². The van der Waals surface area contributed by atoms with Gasteiger partial charge < -0.3 is 14.8 Å². The van der Waals surface area contributed by atoms with Crippen molar-refractivity contribution in [1.29, 1.82) is 0 Å². The van der Waals surface area contributed by atoms with Crippen LogP contribution >= 0.6 is 0 Å². The van der Waals surface area contributed by atoms with Gasteiger partial charge in [0, 0.05) is 18.7 Å². The lowest BCUT2D eigenvalue weighted by Crippen LogP contribution is -2.24. The van der Waals surface area contributed by atoms with Crippen LogP contribution in [0, 0.1) is 0 Å². The summed E-state index contributed by atoms with van der Waals surface area (Å²) in [5.74, 6) is -0.151. The molecule has 27 heavy (non-hydrogen) atoms. The Labute approximate surface area is 159 Å². The van der Waals surface area contributed by atoms with Crippen molar-refractivity contribution < 1.29 is 14.3 Å². The van der Waals surface area contributed by atoms with E-state index in [1.807, 2.05) is 30.5 Å². The van der Waals surface area contributed by atoms with Crippen molar-refractivity contribution in [2.75, 3.05) is 19.8 Å². The molecular weight excluding hydrogens is 344 g/mol. The van der Waals surface area contributed by atoms with Crippen LogP contribution in [0.25, 0.3) is 11.3 Å². The molecular formula is C20H26N4O3. The minimum absolute atomic E-state index is 0.0782. The van der Waals surface area contributed by atoms with Crippen molar-refractivity contribution in [3.05, 3.63) is 48.7 Å². The third-order valence-corrected chi connectivity index (χ3v) is 4.45. The minimum atomic E-state index is -0.151. The van der Waals surface area contributed by atoms with E-state index in [0.717, 1.165) is 49.1 Å². The van der Waals surface area contributed by atoms with Crippen LogP contribution in [-0.2, 0) is 27.2 Å². The highest BCUT2D eigenvalue weighted by atomic mass is 16.7. The number of amides is 1. The number of benzene rings is 1. The second kappa shape index (κ2) is 9.99. The number of hydrogen-bond acceptors (Lipinski definition) is 5. The highest BCUT2D eigenvalue weighted by Crippen LogP contribution is 2.17. The molecule has 144 valence electrons. The Morgan fingerprint density at radius 2 is 2.22 bits per heavy atom. The molecule has 7 heteroatoms. The van der Waals surface area contributed by atoms with E-state index in [4.69, 9.17) is 9.47 Å². The molecule has 0 aliphatic carbocycles. The van der Waals surface area contributed by atoms with Crippen LogP contribution in [0.15, 0.2) is 43.1 Å². The van der Waals surface area contributed by atoms with Gasteiger partial charge >= 0.3 is 0 Å². The molecule has 1 unspecified atom stereocenters. The molecule has 1 amide bonds. The van der Waals surface area contributed by atoms with Crippen LogP contribution in [0.3, 0.4) is 0 Å². The van der Waals surface area contributed by atoms with Crippen molar-refractivity contribution >= 4 is 5.91 Å². The molecule has 1 aromatic carbocycles. The van der Waals surface area contributed by atoms with Gasteiger partial charge in [0.15, 0.2) is 6.29 Å². The Bertz CT molecular complexity index is 736. The third-order valence-electron chi connectivity index (χ3n) is 4.45. The molecule has 1 fully saturated rings. The average Bonchev–Trinajstić information content (AvgIpc) is 3.18. The lowest BCUT2D eigenvalue weighted by atomic mass is 10.1. The summed E-state index contributed by atoms with van der Waals surface area (Å²) >= 11 is 0. The van der Waals surface area contributed by atoms with Crippen molar-refractivity contribution in [2.24, 2.45) is 0 Å². The van der Waals surface area contributed by atoms with Gasteiger partial charge in [-0.3, -0.25) is 4.79 Å². The Kier molecular flexibility index (Phi) is 7.12. The highest BCUT2D eigenvalue weighted by molar-refractivity contribution is 5.86. The standard InChI is InChI=1S/C20H26N4O3/c1-2-19(25)21-11-10-16-6-8-17(9-7-16)18-15-24(23-22-18)12-14-27-20-5-3-4-13-26-20/h2,6-9,15,20H,1,3-5,10-14H2,(H,21,25). The van der Waals surface area contributed by atoms with Crippen LogP contribution in [0.1, 0.15) is 24.8 Å². The van der Waals surface area contributed by atoms with Gasteiger partial charge in [0.1, 0.15) is 5.69 Å². The first-order chi connectivity index (χ1) is 13.2. The molecule has 1 N–H and O–H groups in total. The molecule has 0 saturated carbocycles. The molecule has 0 radical (unpaired) electrons. The van der Waals surface area contributed by atoms with Crippen LogP contribution < -0.4 is 5.32 Å². The Hall–Kier alpha value is -2.51. The monoisotopic (exact) mass is 370 g/mol. The van der Waals surface area contributed by atoms with Gasteiger partial charge in [-0.1, -0.05) is 36.1 Å². The molecule has 1 atom stereocenters. The smallest absolute Gasteiger partial charge is 0.243 e. The van der Waals surface area contributed by atoms with Crippen LogP contribution in [0.5, 0.6) is 0 Å². The maximum atomic E-state index is 11.1. The summed E-state index contributed by atoms with van der Waals surface area (Å²) in [5.41, 5.74) is 2.99.